The van der Waals surface area contributed by atoms with Gasteiger partial charge in [0.2, 0.25) is 0 Å². The van der Waals surface area contributed by atoms with Crippen LogP contribution in [0.15, 0.2) is 42.5 Å². The molecule has 4 heteroatoms. The van der Waals surface area contributed by atoms with Crippen LogP contribution in [0.25, 0.3) is 0 Å². The maximum atomic E-state index is 13.5. The molecule has 2 aromatic carbocycles. The molecule has 0 bridgehead atoms. The Hall–Kier alpha value is -2.54. The number of aromatic hydroxyl groups is 1. The van der Waals surface area contributed by atoms with Crippen LogP contribution in [0.5, 0.6) is 11.5 Å². The van der Waals surface area contributed by atoms with Crippen LogP contribution in [0.2, 0.25) is 0 Å². The molecule has 0 amide bonds. The molecular weight excluding hydrogens is 233 g/mol. The first-order valence-electron chi connectivity index (χ1n) is 5.29. The highest BCUT2D eigenvalue weighted by atomic mass is 19.1. The number of halogens is 1. The minimum atomic E-state index is -0.478. The van der Waals surface area contributed by atoms with Crippen molar-refractivity contribution in [2.45, 2.75) is 6.61 Å². The van der Waals surface area contributed by atoms with E-state index in [2.05, 4.69) is 0 Å². The molecular formula is C14H10FNO2. The van der Waals surface area contributed by atoms with Crippen molar-refractivity contribution in [1.82, 2.24) is 0 Å². The predicted octanol–water partition coefficient (Wildman–Crippen LogP) is 2.98. The van der Waals surface area contributed by atoms with E-state index in [0.29, 0.717) is 11.3 Å². The van der Waals surface area contributed by atoms with E-state index in [-0.39, 0.29) is 17.9 Å². The van der Waals surface area contributed by atoms with Gasteiger partial charge in [0.05, 0.1) is 11.6 Å². The minimum absolute atomic E-state index is 0.0427. The number of nitrogens with zero attached hydrogens (tertiary/aromatic N) is 1. The number of nitriles is 1. The summed E-state index contributed by atoms with van der Waals surface area (Å²) in [5.74, 6) is 0.0702. The van der Waals surface area contributed by atoms with Gasteiger partial charge in [-0.25, -0.2) is 4.39 Å². The SMILES string of the molecule is N#Cc1ccc(COc2cccc(O)c2)c(F)c1. The molecule has 0 heterocycles. The van der Waals surface area contributed by atoms with Crippen molar-refractivity contribution in [2.24, 2.45) is 0 Å². The third kappa shape index (κ3) is 2.77. The van der Waals surface area contributed by atoms with Crippen LogP contribution in [-0.4, -0.2) is 5.11 Å². The van der Waals surface area contributed by atoms with E-state index >= 15 is 0 Å². The van der Waals surface area contributed by atoms with Crippen molar-refractivity contribution in [2.75, 3.05) is 0 Å². The Balaban J connectivity index is 2.09. The molecule has 18 heavy (non-hydrogen) atoms. The van der Waals surface area contributed by atoms with E-state index in [1.54, 1.807) is 12.1 Å². The van der Waals surface area contributed by atoms with Gasteiger partial charge in [-0.1, -0.05) is 12.1 Å². The summed E-state index contributed by atoms with van der Waals surface area (Å²) >= 11 is 0. The topological polar surface area (TPSA) is 53.2 Å². The normalized spacial score (nSPS) is 9.78. The van der Waals surface area contributed by atoms with Gasteiger partial charge in [-0.05, 0) is 24.3 Å². The summed E-state index contributed by atoms with van der Waals surface area (Å²) in [5, 5.41) is 17.9. The minimum Gasteiger partial charge on any atom is -0.508 e. The zero-order valence-electron chi connectivity index (χ0n) is 9.43. The molecule has 0 aliphatic rings. The van der Waals surface area contributed by atoms with Gasteiger partial charge in [0.25, 0.3) is 0 Å². The number of phenolic OH excluding ortho intramolecular Hbond substituents is 1. The lowest BCUT2D eigenvalue weighted by Crippen LogP contribution is -1.98. The first-order valence-corrected chi connectivity index (χ1v) is 5.29. The molecule has 1 N–H and O–H groups in total. The van der Waals surface area contributed by atoms with Gasteiger partial charge < -0.3 is 9.84 Å². The van der Waals surface area contributed by atoms with Crippen LogP contribution in [0.1, 0.15) is 11.1 Å². The lowest BCUT2D eigenvalue weighted by molar-refractivity contribution is 0.298. The lowest BCUT2D eigenvalue weighted by atomic mass is 10.1. The average molecular weight is 243 g/mol. The van der Waals surface area contributed by atoms with Crippen molar-refractivity contribution < 1.29 is 14.2 Å². The van der Waals surface area contributed by atoms with Gasteiger partial charge in [-0.2, -0.15) is 5.26 Å². The molecule has 0 fully saturated rings. The molecule has 0 radical (unpaired) electrons. The van der Waals surface area contributed by atoms with E-state index < -0.39 is 5.82 Å². The molecule has 0 saturated carbocycles. The smallest absolute Gasteiger partial charge is 0.131 e. The second-order valence-corrected chi connectivity index (χ2v) is 3.70. The standard InChI is InChI=1S/C14H10FNO2/c15-14-6-10(8-16)4-5-11(14)9-18-13-3-1-2-12(17)7-13/h1-7,17H,9H2. The summed E-state index contributed by atoms with van der Waals surface area (Å²) in [7, 11) is 0. The van der Waals surface area contributed by atoms with Crippen molar-refractivity contribution in [3.8, 4) is 17.6 Å². The summed E-state index contributed by atoms with van der Waals surface area (Å²) < 4.78 is 18.9. The molecule has 0 spiro atoms. The monoisotopic (exact) mass is 243 g/mol. The number of hydrogen-bond donors (Lipinski definition) is 1. The molecule has 2 rings (SSSR count). The van der Waals surface area contributed by atoms with Crippen LogP contribution in [0, 0.1) is 17.1 Å². The van der Waals surface area contributed by atoms with E-state index in [9.17, 15) is 9.50 Å². The number of rotatable bonds is 3. The highest BCUT2D eigenvalue weighted by Crippen LogP contribution is 2.19. The van der Waals surface area contributed by atoms with Crippen molar-refractivity contribution in [1.29, 1.82) is 5.26 Å². The van der Waals surface area contributed by atoms with Crippen LogP contribution in [0.4, 0.5) is 4.39 Å². The van der Waals surface area contributed by atoms with Gasteiger partial charge in [0, 0.05) is 11.6 Å². The number of hydrogen-bond acceptors (Lipinski definition) is 3. The average Bonchev–Trinajstić information content (AvgIpc) is 2.37. The summed E-state index contributed by atoms with van der Waals surface area (Å²) in [5.41, 5.74) is 0.631. The number of ether oxygens (including phenoxy) is 1. The highest BCUT2D eigenvalue weighted by molar-refractivity contribution is 5.34. The number of benzene rings is 2. The van der Waals surface area contributed by atoms with Crippen LogP contribution >= 0.6 is 0 Å². The quantitative estimate of drug-likeness (QED) is 0.901. The lowest BCUT2D eigenvalue weighted by Gasteiger charge is -2.07. The molecule has 3 nitrogen and oxygen atoms in total. The summed E-state index contributed by atoms with van der Waals surface area (Å²) in [6.07, 6.45) is 0. The van der Waals surface area contributed by atoms with Crippen LogP contribution < -0.4 is 4.74 Å². The summed E-state index contributed by atoms with van der Waals surface area (Å²) in [6.45, 7) is 0.0427. The van der Waals surface area contributed by atoms with Crippen molar-refractivity contribution in [3.05, 3.63) is 59.4 Å². The zero-order chi connectivity index (χ0) is 13.0. The second-order valence-electron chi connectivity index (χ2n) is 3.70. The summed E-state index contributed by atoms with van der Waals surface area (Å²) in [4.78, 5) is 0. The van der Waals surface area contributed by atoms with Crippen molar-refractivity contribution in [3.63, 3.8) is 0 Å². The predicted molar refractivity (Wildman–Crippen MR) is 63.6 cm³/mol. The highest BCUT2D eigenvalue weighted by Gasteiger charge is 2.04. The van der Waals surface area contributed by atoms with Gasteiger partial charge in [-0.15, -0.1) is 0 Å². The van der Waals surface area contributed by atoms with E-state index in [1.165, 1.54) is 30.3 Å². The largest absolute Gasteiger partial charge is 0.508 e. The Labute approximate surface area is 104 Å². The maximum Gasteiger partial charge on any atom is 0.131 e. The zero-order valence-corrected chi connectivity index (χ0v) is 9.43. The van der Waals surface area contributed by atoms with Gasteiger partial charge in [-0.3, -0.25) is 0 Å². The molecule has 0 saturated heterocycles. The second kappa shape index (κ2) is 5.19. The molecule has 0 aromatic heterocycles. The molecule has 0 aliphatic carbocycles. The third-order valence-electron chi connectivity index (χ3n) is 2.39. The Morgan fingerprint density at radius 3 is 2.72 bits per heavy atom. The van der Waals surface area contributed by atoms with Gasteiger partial charge >= 0.3 is 0 Å². The van der Waals surface area contributed by atoms with Crippen LogP contribution in [-0.2, 0) is 6.61 Å². The Morgan fingerprint density at radius 1 is 1.22 bits per heavy atom. The molecule has 0 atom stereocenters. The first kappa shape index (κ1) is 11.9. The fraction of sp³-hybridized carbons (Fsp3) is 0.0714. The van der Waals surface area contributed by atoms with E-state index in [0.717, 1.165) is 0 Å². The first-order chi connectivity index (χ1) is 8.69. The Bertz CT molecular complexity index is 605. The molecule has 0 unspecified atom stereocenters. The van der Waals surface area contributed by atoms with Crippen molar-refractivity contribution >= 4 is 0 Å². The Kier molecular flexibility index (Phi) is 3.44. The Morgan fingerprint density at radius 2 is 2.06 bits per heavy atom. The van der Waals surface area contributed by atoms with Crippen LogP contribution in [0.3, 0.4) is 0 Å². The van der Waals surface area contributed by atoms with Gasteiger partial charge in [0.1, 0.15) is 23.9 Å². The maximum absolute atomic E-state index is 13.5. The van der Waals surface area contributed by atoms with E-state index in [4.69, 9.17) is 10.00 Å². The molecule has 90 valence electrons. The molecule has 2 aromatic rings. The molecule has 0 aliphatic heterocycles. The van der Waals surface area contributed by atoms with Gasteiger partial charge in [0.15, 0.2) is 0 Å². The number of phenols is 1. The fourth-order valence-electron chi connectivity index (χ4n) is 1.47. The van der Waals surface area contributed by atoms with E-state index in [1.807, 2.05) is 6.07 Å². The summed E-state index contributed by atoms with van der Waals surface area (Å²) in [6, 6.07) is 12.3. The fourth-order valence-corrected chi connectivity index (χ4v) is 1.47. The third-order valence-corrected chi connectivity index (χ3v) is 2.39.